The fourth-order valence-corrected chi connectivity index (χ4v) is 5.24. The Bertz CT molecular complexity index is 1580. The first-order chi connectivity index (χ1) is 21.0. The zero-order valence-corrected chi connectivity index (χ0v) is 26.9. The summed E-state index contributed by atoms with van der Waals surface area (Å²) in [5, 5.41) is 11.9. The molecule has 0 unspecified atom stereocenters. The van der Waals surface area contributed by atoms with Crippen molar-refractivity contribution in [3.63, 3.8) is 0 Å². The van der Waals surface area contributed by atoms with Gasteiger partial charge in [0.2, 0.25) is 0 Å². The van der Waals surface area contributed by atoms with Crippen molar-refractivity contribution in [2.75, 3.05) is 70.8 Å². The maximum atomic E-state index is 13.4. The molecule has 1 amide bonds. The zero-order valence-electron chi connectivity index (χ0n) is 26.9. The summed E-state index contributed by atoms with van der Waals surface area (Å²) < 4.78 is 13.4. The summed E-state index contributed by atoms with van der Waals surface area (Å²) in [4.78, 5) is 24.5. The SMILES string of the molecule is Cc1ccc(NC(=O)c2cc(CN(C)CCN(C)C)c(C(C)(C)C)o2)cc1-n1cc(-c2cncc(N3CCOCC3)c2)nn1. The van der Waals surface area contributed by atoms with Crippen LogP contribution in [0, 0.1) is 6.92 Å². The third-order valence-corrected chi connectivity index (χ3v) is 7.69. The Morgan fingerprint density at radius 1 is 1.05 bits per heavy atom. The Morgan fingerprint density at radius 3 is 2.55 bits per heavy atom. The van der Waals surface area contributed by atoms with Crippen molar-refractivity contribution in [2.45, 2.75) is 39.7 Å². The topological polar surface area (TPSA) is 105 Å². The molecular weight excluding hydrogens is 556 g/mol. The van der Waals surface area contributed by atoms with Crippen molar-refractivity contribution in [2.24, 2.45) is 0 Å². The number of ether oxygens (including phenoxy) is 1. The van der Waals surface area contributed by atoms with E-state index in [2.05, 4.69) is 83.3 Å². The van der Waals surface area contributed by atoms with Crippen molar-refractivity contribution in [3.8, 4) is 16.9 Å². The molecule has 234 valence electrons. The van der Waals surface area contributed by atoms with E-state index in [1.807, 2.05) is 43.6 Å². The van der Waals surface area contributed by atoms with Crippen LogP contribution in [-0.4, -0.2) is 96.2 Å². The van der Waals surface area contributed by atoms with Crippen LogP contribution in [-0.2, 0) is 16.7 Å². The molecule has 0 spiro atoms. The molecule has 4 heterocycles. The largest absolute Gasteiger partial charge is 0.455 e. The molecule has 11 heteroatoms. The number of hydrogen-bond acceptors (Lipinski definition) is 9. The molecule has 5 rings (SSSR count). The molecular formula is C33H44N8O3. The van der Waals surface area contributed by atoms with Crippen molar-refractivity contribution >= 4 is 17.3 Å². The van der Waals surface area contributed by atoms with Gasteiger partial charge in [0, 0.05) is 61.1 Å². The number of furan rings is 1. The van der Waals surface area contributed by atoms with E-state index in [-0.39, 0.29) is 11.3 Å². The van der Waals surface area contributed by atoms with E-state index in [0.29, 0.717) is 31.2 Å². The summed E-state index contributed by atoms with van der Waals surface area (Å²) in [6, 6.07) is 9.70. The molecule has 1 fully saturated rings. The number of pyridine rings is 1. The van der Waals surface area contributed by atoms with Gasteiger partial charge in [-0.3, -0.25) is 9.78 Å². The highest BCUT2D eigenvalue weighted by Crippen LogP contribution is 2.31. The van der Waals surface area contributed by atoms with Gasteiger partial charge in [0.15, 0.2) is 5.76 Å². The minimum atomic E-state index is -0.294. The quantitative estimate of drug-likeness (QED) is 0.279. The first-order valence-corrected chi connectivity index (χ1v) is 15.1. The molecule has 4 aromatic rings. The normalized spacial score (nSPS) is 14.1. The van der Waals surface area contributed by atoms with E-state index in [1.165, 1.54) is 0 Å². The Balaban J connectivity index is 1.33. The van der Waals surface area contributed by atoms with Crippen LogP contribution in [0.25, 0.3) is 16.9 Å². The van der Waals surface area contributed by atoms with Gasteiger partial charge in [-0.15, -0.1) is 5.10 Å². The number of nitrogens with zero attached hydrogens (tertiary/aromatic N) is 7. The van der Waals surface area contributed by atoms with Gasteiger partial charge in [-0.1, -0.05) is 32.1 Å². The van der Waals surface area contributed by atoms with Gasteiger partial charge in [-0.2, -0.15) is 0 Å². The summed E-state index contributed by atoms with van der Waals surface area (Å²) in [6.45, 7) is 14.0. The molecule has 1 aliphatic rings. The van der Waals surface area contributed by atoms with Crippen LogP contribution < -0.4 is 10.2 Å². The predicted octanol–water partition coefficient (Wildman–Crippen LogP) is 4.61. The lowest BCUT2D eigenvalue weighted by molar-refractivity contribution is 0.0993. The number of morpholine rings is 1. The van der Waals surface area contributed by atoms with E-state index < -0.39 is 0 Å². The number of nitrogens with one attached hydrogen (secondary N) is 1. The van der Waals surface area contributed by atoms with E-state index >= 15 is 0 Å². The molecule has 3 aromatic heterocycles. The third kappa shape index (κ3) is 7.53. The third-order valence-electron chi connectivity index (χ3n) is 7.69. The molecule has 0 bridgehead atoms. The summed E-state index contributed by atoms with van der Waals surface area (Å²) in [5.74, 6) is 0.827. The summed E-state index contributed by atoms with van der Waals surface area (Å²) >= 11 is 0. The number of amides is 1. The van der Waals surface area contributed by atoms with Crippen LogP contribution in [0.4, 0.5) is 11.4 Å². The van der Waals surface area contributed by atoms with Gasteiger partial charge in [-0.25, -0.2) is 4.68 Å². The molecule has 1 N–H and O–H groups in total. The summed E-state index contributed by atoms with van der Waals surface area (Å²) in [6.07, 6.45) is 5.55. The van der Waals surface area contributed by atoms with Crippen LogP contribution in [0.1, 0.15) is 48.2 Å². The molecule has 1 aliphatic heterocycles. The minimum Gasteiger partial charge on any atom is -0.455 e. The molecule has 0 atom stereocenters. The van der Waals surface area contributed by atoms with Crippen molar-refractivity contribution in [1.29, 1.82) is 0 Å². The molecule has 1 aromatic carbocycles. The number of rotatable bonds is 10. The number of aryl methyl sites for hydroxylation is 1. The number of benzene rings is 1. The number of carbonyl (C=O) groups is 1. The highest BCUT2D eigenvalue weighted by molar-refractivity contribution is 6.02. The van der Waals surface area contributed by atoms with Crippen LogP contribution in [0.3, 0.4) is 0 Å². The molecule has 0 aliphatic carbocycles. The highest BCUT2D eigenvalue weighted by atomic mass is 16.5. The van der Waals surface area contributed by atoms with Crippen molar-refractivity contribution < 1.29 is 13.9 Å². The highest BCUT2D eigenvalue weighted by Gasteiger charge is 2.26. The van der Waals surface area contributed by atoms with Crippen LogP contribution in [0.5, 0.6) is 0 Å². The van der Waals surface area contributed by atoms with E-state index in [9.17, 15) is 4.79 Å². The Morgan fingerprint density at radius 2 is 1.82 bits per heavy atom. The van der Waals surface area contributed by atoms with Gasteiger partial charge in [0.05, 0.1) is 37.0 Å². The van der Waals surface area contributed by atoms with Gasteiger partial charge < -0.3 is 29.2 Å². The van der Waals surface area contributed by atoms with Gasteiger partial charge in [0.25, 0.3) is 5.91 Å². The number of hydrogen-bond donors (Lipinski definition) is 1. The molecule has 1 saturated heterocycles. The fourth-order valence-electron chi connectivity index (χ4n) is 5.24. The smallest absolute Gasteiger partial charge is 0.291 e. The average molecular weight is 601 g/mol. The maximum absolute atomic E-state index is 13.4. The zero-order chi connectivity index (χ0) is 31.4. The van der Waals surface area contributed by atoms with Crippen LogP contribution in [0.15, 0.2) is 53.3 Å². The predicted molar refractivity (Wildman–Crippen MR) is 173 cm³/mol. The number of anilines is 2. The fraction of sp³-hybridized carbons (Fsp3) is 0.455. The monoisotopic (exact) mass is 600 g/mol. The number of aromatic nitrogens is 4. The average Bonchev–Trinajstić information content (AvgIpc) is 3.66. The van der Waals surface area contributed by atoms with E-state index in [0.717, 1.165) is 65.7 Å². The van der Waals surface area contributed by atoms with Crippen molar-refractivity contribution in [3.05, 3.63) is 71.6 Å². The summed E-state index contributed by atoms with van der Waals surface area (Å²) in [5.41, 5.74) is 5.88. The second-order valence-electron chi connectivity index (χ2n) is 12.8. The first-order valence-electron chi connectivity index (χ1n) is 15.1. The van der Waals surface area contributed by atoms with Gasteiger partial charge >= 0.3 is 0 Å². The lowest BCUT2D eigenvalue weighted by atomic mass is 9.90. The van der Waals surface area contributed by atoms with Crippen molar-refractivity contribution in [1.82, 2.24) is 29.8 Å². The molecule has 0 radical (unpaired) electrons. The van der Waals surface area contributed by atoms with Gasteiger partial charge in [0.1, 0.15) is 11.5 Å². The van der Waals surface area contributed by atoms with E-state index in [4.69, 9.17) is 9.15 Å². The number of carbonyl (C=O) groups excluding carboxylic acids is 1. The second kappa shape index (κ2) is 13.3. The molecule has 11 nitrogen and oxygen atoms in total. The lowest BCUT2D eigenvalue weighted by Gasteiger charge is -2.28. The summed E-state index contributed by atoms with van der Waals surface area (Å²) in [7, 11) is 6.22. The second-order valence-corrected chi connectivity index (χ2v) is 12.8. The Labute approximate surface area is 259 Å². The Kier molecular flexibility index (Phi) is 9.48. The minimum absolute atomic E-state index is 0.241. The standard InChI is InChI=1S/C33H44N8O3/c1-23-8-9-26(35-32(42)30-17-25(31(44-30)33(2,3)4)21-39(7)11-10-38(5)6)18-29(23)41-22-28(36-37-41)24-16-27(20-34-19-24)40-12-14-43-15-13-40/h8-9,16-20,22H,10-15,21H2,1-7H3,(H,35,42). The maximum Gasteiger partial charge on any atom is 0.291 e. The molecule has 44 heavy (non-hydrogen) atoms. The Hall–Kier alpha value is -4.06. The van der Waals surface area contributed by atoms with Gasteiger partial charge in [-0.05, 0) is 57.9 Å². The first kappa shape index (κ1) is 31.4. The van der Waals surface area contributed by atoms with E-state index in [1.54, 1.807) is 10.9 Å². The number of likely N-dealkylation sites (N-methyl/N-ethyl adjacent to an activating group) is 2. The van der Waals surface area contributed by atoms with Crippen LogP contribution >= 0.6 is 0 Å². The molecule has 0 saturated carbocycles. The lowest BCUT2D eigenvalue weighted by Crippen LogP contribution is -2.36. The van der Waals surface area contributed by atoms with Crippen LogP contribution in [0.2, 0.25) is 0 Å².